The van der Waals surface area contributed by atoms with Crippen LogP contribution in [0.1, 0.15) is 33.3 Å². The fourth-order valence-corrected chi connectivity index (χ4v) is 3.79. The molecule has 1 aliphatic rings. The van der Waals surface area contributed by atoms with Crippen LogP contribution in [0.3, 0.4) is 0 Å². The molecule has 0 bridgehead atoms. The van der Waals surface area contributed by atoms with Crippen LogP contribution < -0.4 is 19.5 Å². The molecule has 0 aliphatic carbocycles. The van der Waals surface area contributed by atoms with Gasteiger partial charge in [-0.2, -0.15) is 4.37 Å². The number of carbonyl (C=O) groups excluding carboxylic acids is 1. The molecule has 0 spiro atoms. The number of nitrogens with zero attached hydrogens (tertiary/aromatic N) is 1. The minimum Gasteiger partial charge on any atom is -0.493 e. The number of carbonyl (C=O) groups is 2. The molecular weight excluding hydrogens is 348 g/mol. The van der Waals surface area contributed by atoms with Gasteiger partial charge in [-0.05, 0) is 29.2 Å². The number of carboxylic acid groups (broad SMARTS) is 1. The van der Waals surface area contributed by atoms with E-state index < -0.39 is 5.97 Å². The summed E-state index contributed by atoms with van der Waals surface area (Å²) in [5.41, 5.74) is 0.865. The lowest BCUT2D eigenvalue weighted by Gasteiger charge is -2.24. The van der Waals surface area contributed by atoms with Crippen molar-refractivity contribution in [2.45, 2.75) is 12.3 Å². The summed E-state index contributed by atoms with van der Waals surface area (Å²) in [6.07, 6.45) is 0.174. The topological polar surface area (TPSA) is 107 Å². The normalized spacial score (nSPS) is 16.0. The first-order valence-corrected chi connectivity index (χ1v) is 8.10. The molecular formula is C16H16N2O6S. The van der Waals surface area contributed by atoms with Gasteiger partial charge in [-0.1, -0.05) is 0 Å². The Hall–Kier alpha value is -2.81. The average Bonchev–Trinajstić information content (AvgIpc) is 3.03. The van der Waals surface area contributed by atoms with Gasteiger partial charge in [0.1, 0.15) is 0 Å². The van der Waals surface area contributed by atoms with E-state index in [-0.39, 0.29) is 29.6 Å². The number of anilines is 1. The van der Waals surface area contributed by atoms with Gasteiger partial charge in [-0.25, -0.2) is 4.79 Å². The quantitative estimate of drug-likeness (QED) is 0.838. The van der Waals surface area contributed by atoms with Gasteiger partial charge < -0.3 is 24.6 Å². The van der Waals surface area contributed by atoms with Crippen LogP contribution in [0.15, 0.2) is 12.1 Å². The van der Waals surface area contributed by atoms with Gasteiger partial charge in [0.2, 0.25) is 11.7 Å². The van der Waals surface area contributed by atoms with Crippen molar-refractivity contribution < 1.29 is 28.9 Å². The second-order valence-electron chi connectivity index (χ2n) is 5.34. The van der Waals surface area contributed by atoms with Gasteiger partial charge in [0.25, 0.3) is 0 Å². The third-order valence-corrected chi connectivity index (χ3v) is 4.94. The van der Waals surface area contributed by atoms with E-state index in [2.05, 4.69) is 9.69 Å². The van der Waals surface area contributed by atoms with E-state index in [4.69, 9.17) is 14.2 Å². The van der Waals surface area contributed by atoms with Crippen molar-refractivity contribution in [2.75, 3.05) is 26.6 Å². The molecule has 1 atom stereocenters. The first kappa shape index (κ1) is 17.0. The monoisotopic (exact) mass is 364 g/mol. The van der Waals surface area contributed by atoms with Crippen molar-refractivity contribution in [1.29, 1.82) is 0 Å². The minimum atomic E-state index is -1.18. The van der Waals surface area contributed by atoms with Crippen molar-refractivity contribution in [3.05, 3.63) is 28.3 Å². The van der Waals surface area contributed by atoms with Crippen molar-refractivity contribution in [3.63, 3.8) is 0 Å². The van der Waals surface area contributed by atoms with E-state index in [1.54, 1.807) is 12.1 Å². The van der Waals surface area contributed by atoms with Crippen molar-refractivity contribution >= 4 is 29.1 Å². The van der Waals surface area contributed by atoms with Crippen LogP contribution in [0, 0.1) is 0 Å². The summed E-state index contributed by atoms with van der Waals surface area (Å²) in [4.78, 5) is 24.1. The Bertz CT molecular complexity index is 822. The Kier molecular flexibility index (Phi) is 4.49. The summed E-state index contributed by atoms with van der Waals surface area (Å²) in [7, 11) is 4.53. The molecule has 0 fully saturated rings. The van der Waals surface area contributed by atoms with Crippen LogP contribution in [0.25, 0.3) is 0 Å². The number of hydrogen-bond donors (Lipinski definition) is 2. The first-order chi connectivity index (χ1) is 12.0. The van der Waals surface area contributed by atoms with Gasteiger partial charge in [0, 0.05) is 12.3 Å². The number of methoxy groups -OCH3 is 3. The fraction of sp³-hybridized carbons (Fsp3) is 0.312. The molecule has 132 valence electrons. The van der Waals surface area contributed by atoms with E-state index in [0.717, 1.165) is 17.1 Å². The maximum Gasteiger partial charge on any atom is 0.357 e. The highest BCUT2D eigenvalue weighted by molar-refractivity contribution is 7.06. The van der Waals surface area contributed by atoms with Crippen LogP contribution in [0.4, 0.5) is 5.69 Å². The van der Waals surface area contributed by atoms with E-state index in [9.17, 15) is 14.7 Å². The molecule has 1 aliphatic heterocycles. The van der Waals surface area contributed by atoms with Gasteiger partial charge >= 0.3 is 5.97 Å². The number of fused-ring (bicyclic) bond motifs is 1. The predicted octanol–water partition coefficient (Wildman–Crippen LogP) is 2.34. The molecule has 2 heterocycles. The number of carboxylic acids is 1. The summed E-state index contributed by atoms with van der Waals surface area (Å²) in [6, 6.07) is 3.52. The lowest BCUT2D eigenvalue weighted by atomic mass is 9.89. The summed E-state index contributed by atoms with van der Waals surface area (Å²) >= 11 is 1.06. The van der Waals surface area contributed by atoms with Crippen LogP contribution in [-0.2, 0) is 4.79 Å². The molecule has 0 saturated heterocycles. The van der Waals surface area contributed by atoms with Gasteiger partial charge in [0.05, 0.1) is 31.9 Å². The summed E-state index contributed by atoms with van der Waals surface area (Å²) < 4.78 is 20.0. The van der Waals surface area contributed by atoms with Crippen LogP contribution in [-0.4, -0.2) is 42.7 Å². The molecule has 0 saturated carbocycles. The second-order valence-corrected chi connectivity index (χ2v) is 6.14. The number of aromatic carboxylic acids is 1. The van der Waals surface area contributed by atoms with E-state index in [1.165, 1.54) is 21.3 Å². The molecule has 2 aromatic rings. The molecule has 3 rings (SSSR count). The average molecular weight is 364 g/mol. The van der Waals surface area contributed by atoms with Gasteiger partial charge in [-0.3, -0.25) is 4.79 Å². The van der Waals surface area contributed by atoms with Crippen LogP contribution in [0.2, 0.25) is 0 Å². The Labute approximate surface area is 147 Å². The maximum absolute atomic E-state index is 12.1. The molecule has 1 aromatic carbocycles. The summed E-state index contributed by atoms with van der Waals surface area (Å²) in [6.45, 7) is 0. The Morgan fingerprint density at radius 2 is 1.88 bits per heavy atom. The highest BCUT2D eigenvalue weighted by Gasteiger charge is 2.34. The molecule has 9 heteroatoms. The van der Waals surface area contributed by atoms with E-state index in [1.807, 2.05) is 0 Å². The molecule has 25 heavy (non-hydrogen) atoms. The van der Waals surface area contributed by atoms with Crippen molar-refractivity contribution in [2.24, 2.45) is 0 Å². The SMILES string of the molecule is COc1cc([C@H]2CC(=O)Nc3c(C(=O)O)nsc32)cc(OC)c1OC. The highest BCUT2D eigenvalue weighted by Crippen LogP contribution is 2.46. The zero-order chi connectivity index (χ0) is 18.1. The van der Waals surface area contributed by atoms with Crippen LogP contribution in [0.5, 0.6) is 17.2 Å². The second kappa shape index (κ2) is 6.60. The Balaban J connectivity index is 2.14. The van der Waals surface area contributed by atoms with Crippen LogP contribution >= 0.6 is 11.5 Å². The lowest BCUT2D eigenvalue weighted by Crippen LogP contribution is -2.23. The molecule has 0 radical (unpaired) electrons. The predicted molar refractivity (Wildman–Crippen MR) is 90.3 cm³/mol. The van der Waals surface area contributed by atoms with Gasteiger partial charge in [-0.15, -0.1) is 0 Å². The third-order valence-electron chi connectivity index (χ3n) is 3.98. The lowest BCUT2D eigenvalue weighted by molar-refractivity contribution is -0.116. The minimum absolute atomic E-state index is 0.148. The van der Waals surface area contributed by atoms with E-state index in [0.29, 0.717) is 22.1 Å². The first-order valence-electron chi connectivity index (χ1n) is 7.32. The molecule has 0 unspecified atom stereocenters. The van der Waals surface area contributed by atoms with Crippen molar-refractivity contribution in [3.8, 4) is 17.2 Å². The molecule has 1 amide bonds. The molecule has 1 aromatic heterocycles. The Morgan fingerprint density at radius 3 is 2.40 bits per heavy atom. The number of amides is 1. The highest BCUT2D eigenvalue weighted by atomic mass is 32.1. The largest absolute Gasteiger partial charge is 0.493 e. The fourth-order valence-electron chi connectivity index (χ4n) is 2.85. The Morgan fingerprint density at radius 1 is 1.24 bits per heavy atom. The molecule has 8 nitrogen and oxygen atoms in total. The van der Waals surface area contributed by atoms with E-state index >= 15 is 0 Å². The smallest absolute Gasteiger partial charge is 0.357 e. The third kappa shape index (κ3) is 2.86. The number of nitrogens with one attached hydrogen (secondary N) is 1. The maximum atomic E-state index is 12.1. The zero-order valence-corrected chi connectivity index (χ0v) is 14.6. The molecule has 2 N–H and O–H groups in total. The van der Waals surface area contributed by atoms with Gasteiger partial charge in [0.15, 0.2) is 17.2 Å². The summed E-state index contributed by atoms with van der Waals surface area (Å²) in [5, 5.41) is 11.9. The number of aromatic nitrogens is 1. The number of hydrogen-bond acceptors (Lipinski definition) is 7. The zero-order valence-electron chi connectivity index (χ0n) is 13.8. The number of benzene rings is 1. The summed E-state index contributed by atoms with van der Waals surface area (Å²) in [5.74, 6) is -0.412. The standard InChI is InChI=1S/C16H16N2O6S/c1-22-9-4-7(5-10(23-2)14(9)24-3)8-6-11(19)17-12-13(16(20)21)18-25-15(8)12/h4-5,8H,6H2,1-3H3,(H,17,19)(H,20,21)/t8-/m1/s1. The number of ether oxygens (including phenoxy) is 3. The number of rotatable bonds is 5. The van der Waals surface area contributed by atoms with Crippen molar-refractivity contribution in [1.82, 2.24) is 4.37 Å².